The number of carbonyl (C=O) groups excluding carboxylic acids is 1. The highest BCUT2D eigenvalue weighted by Gasteiger charge is 2.12. The van der Waals surface area contributed by atoms with Gasteiger partial charge in [0, 0.05) is 0 Å². The Labute approximate surface area is 126 Å². The van der Waals surface area contributed by atoms with E-state index in [0.717, 1.165) is 20.8 Å². The number of nitrogens with zero attached hydrogens (tertiary/aromatic N) is 1. The van der Waals surface area contributed by atoms with Crippen LogP contribution in [0.4, 0.5) is 0 Å². The van der Waals surface area contributed by atoms with Crippen molar-refractivity contribution < 1.29 is 14.3 Å². The molecule has 2 aromatic carbocycles. The summed E-state index contributed by atoms with van der Waals surface area (Å²) in [6.45, 7) is -0.113. The molecule has 0 saturated carbocycles. The number of fused-ring (bicyclic) bond motifs is 1. The molecule has 0 spiro atoms. The van der Waals surface area contributed by atoms with Gasteiger partial charge in [0.05, 0.1) is 22.9 Å². The van der Waals surface area contributed by atoms with Crippen molar-refractivity contribution in [2.75, 3.05) is 13.7 Å². The number of esters is 1. The third-order valence-electron chi connectivity index (χ3n) is 2.98. The summed E-state index contributed by atoms with van der Waals surface area (Å²) in [6.07, 6.45) is 0. The van der Waals surface area contributed by atoms with Gasteiger partial charge in [0.1, 0.15) is 10.8 Å². The van der Waals surface area contributed by atoms with Crippen molar-refractivity contribution in [2.24, 2.45) is 0 Å². The first-order valence-corrected chi connectivity index (χ1v) is 7.24. The molecule has 106 valence electrons. The van der Waals surface area contributed by atoms with Crippen LogP contribution in [-0.2, 0) is 9.53 Å². The second kappa shape index (κ2) is 5.93. The zero-order valence-electron chi connectivity index (χ0n) is 11.4. The summed E-state index contributed by atoms with van der Waals surface area (Å²) in [7, 11) is 1.34. The molecule has 0 atom stereocenters. The molecule has 0 aliphatic carbocycles. The number of rotatable bonds is 4. The minimum Gasteiger partial charge on any atom is -0.481 e. The Morgan fingerprint density at radius 2 is 1.90 bits per heavy atom. The topological polar surface area (TPSA) is 48.4 Å². The maximum atomic E-state index is 11.2. The number of thiazole rings is 1. The fraction of sp³-hybridized carbons (Fsp3) is 0.125. The van der Waals surface area contributed by atoms with E-state index in [1.165, 1.54) is 7.11 Å². The molecule has 0 bridgehead atoms. The maximum Gasteiger partial charge on any atom is 0.343 e. The second-order valence-corrected chi connectivity index (χ2v) is 5.38. The summed E-state index contributed by atoms with van der Waals surface area (Å²) in [6, 6.07) is 15.5. The van der Waals surface area contributed by atoms with E-state index in [1.807, 2.05) is 48.5 Å². The predicted molar refractivity (Wildman–Crippen MR) is 82.6 cm³/mol. The monoisotopic (exact) mass is 299 g/mol. The molecule has 0 aliphatic heterocycles. The Morgan fingerprint density at radius 3 is 2.71 bits per heavy atom. The normalized spacial score (nSPS) is 10.5. The lowest BCUT2D eigenvalue weighted by Gasteiger charge is -2.08. The van der Waals surface area contributed by atoms with Crippen molar-refractivity contribution in [1.82, 2.24) is 4.98 Å². The van der Waals surface area contributed by atoms with E-state index in [9.17, 15) is 4.79 Å². The van der Waals surface area contributed by atoms with E-state index in [1.54, 1.807) is 11.3 Å². The molecule has 0 fully saturated rings. The van der Waals surface area contributed by atoms with Crippen molar-refractivity contribution >= 4 is 27.5 Å². The lowest BCUT2D eigenvalue weighted by Crippen LogP contribution is -2.12. The summed E-state index contributed by atoms with van der Waals surface area (Å²) >= 11 is 1.60. The first-order chi connectivity index (χ1) is 10.3. The Bertz CT molecular complexity index is 749. The molecule has 0 aliphatic rings. The summed E-state index contributed by atoms with van der Waals surface area (Å²) in [5.41, 5.74) is 1.84. The van der Waals surface area contributed by atoms with Crippen LogP contribution in [0.1, 0.15) is 0 Å². The van der Waals surface area contributed by atoms with Gasteiger partial charge in [-0.2, -0.15) is 0 Å². The molecule has 1 heterocycles. The standard InChI is InChI=1S/C16H13NO3S/c1-19-15(18)10-20-13-8-4-2-6-11(13)16-17-12-7-3-5-9-14(12)21-16/h2-9H,10H2,1H3. The molecule has 0 radical (unpaired) electrons. The minimum atomic E-state index is -0.408. The van der Waals surface area contributed by atoms with Gasteiger partial charge in [-0.1, -0.05) is 24.3 Å². The number of hydrogen-bond acceptors (Lipinski definition) is 5. The van der Waals surface area contributed by atoms with E-state index in [-0.39, 0.29) is 6.61 Å². The van der Waals surface area contributed by atoms with Crippen molar-refractivity contribution in [1.29, 1.82) is 0 Å². The van der Waals surface area contributed by atoms with Gasteiger partial charge in [-0.3, -0.25) is 0 Å². The number of ether oxygens (including phenoxy) is 2. The van der Waals surface area contributed by atoms with Crippen LogP contribution >= 0.6 is 11.3 Å². The molecule has 4 nitrogen and oxygen atoms in total. The predicted octanol–water partition coefficient (Wildman–Crippen LogP) is 3.52. The Morgan fingerprint density at radius 1 is 1.14 bits per heavy atom. The van der Waals surface area contributed by atoms with Gasteiger partial charge in [0.15, 0.2) is 6.61 Å². The molecular formula is C16H13NO3S. The van der Waals surface area contributed by atoms with Gasteiger partial charge in [0.2, 0.25) is 0 Å². The maximum absolute atomic E-state index is 11.2. The summed E-state index contributed by atoms with van der Waals surface area (Å²) in [5.74, 6) is 0.219. The Kier molecular flexibility index (Phi) is 3.83. The van der Waals surface area contributed by atoms with E-state index in [4.69, 9.17) is 4.74 Å². The largest absolute Gasteiger partial charge is 0.481 e. The number of benzene rings is 2. The molecule has 0 amide bonds. The lowest BCUT2D eigenvalue weighted by atomic mass is 10.2. The zero-order valence-corrected chi connectivity index (χ0v) is 12.2. The molecule has 0 saturated heterocycles. The second-order valence-electron chi connectivity index (χ2n) is 4.35. The molecule has 0 N–H and O–H groups in total. The highest BCUT2D eigenvalue weighted by atomic mass is 32.1. The molecule has 1 aromatic heterocycles. The van der Waals surface area contributed by atoms with Gasteiger partial charge in [-0.15, -0.1) is 11.3 Å². The number of para-hydroxylation sites is 2. The molecule has 5 heteroatoms. The Hall–Kier alpha value is -2.40. The van der Waals surface area contributed by atoms with Crippen LogP contribution < -0.4 is 4.74 Å². The smallest absolute Gasteiger partial charge is 0.343 e. The fourth-order valence-electron chi connectivity index (χ4n) is 1.95. The fourth-order valence-corrected chi connectivity index (χ4v) is 2.95. The summed E-state index contributed by atoms with van der Waals surface area (Å²) < 4.78 is 11.2. The van der Waals surface area contributed by atoms with Crippen molar-refractivity contribution in [3.63, 3.8) is 0 Å². The van der Waals surface area contributed by atoms with Crippen LogP contribution in [0.3, 0.4) is 0 Å². The number of aromatic nitrogens is 1. The quantitative estimate of drug-likeness (QED) is 0.692. The van der Waals surface area contributed by atoms with Gasteiger partial charge >= 0.3 is 5.97 Å². The highest BCUT2D eigenvalue weighted by Crippen LogP contribution is 2.35. The van der Waals surface area contributed by atoms with Gasteiger partial charge < -0.3 is 9.47 Å². The first kappa shape index (κ1) is 13.6. The lowest BCUT2D eigenvalue weighted by molar-refractivity contribution is -0.142. The summed E-state index contributed by atoms with van der Waals surface area (Å²) in [4.78, 5) is 15.8. The SMILES string of the molecule is COC(=O)COc1ccccc1-c1nc2ccccc2s1. The zero-order chi connectivity index (χ0) is 14.7. The minimum absolute atomic E-state index is 0.113. The van der Waals surface area contributed by atoms with E-state index < -0.39 is 5.97 Å². The third-order valence-corrected chi connectivity index (χ3v) is 4.05. The average molecular weight is 299 g/mol. The summed E-state index contributed by atoms with van der Waals surface area (Å²) in [5, 5.41) is 0.872. The average Bonchev–Trinajstić information content (AvgIpc) is 2.96. The number of hydrogen-bond donors (Lipinski definition) is 0. The number of methoxy groups -OCH3 is 1. The Balaban J connectivity index is 1.96. The van der Waals surface area contributed by atoms with Crippen LogP contribution in [0.15, 0.2) is 48.5 Å². The first-order valence-electron chi connectivity index (χ1n) is 6.42. The van der Waals surface area contributed by atoms with Crippen molar-refractivity contribution in [3.8, 4) is 16.3 Å². The van der Waals surface area contributed by atoms with Gasteiger partial charge in [-0.05, 0) is 24.3 Å². The van der Waals surface area contributed by atoms with Crippen LogP contribution in [-0.4, -0.2) is 24.7 Å². The van der Waals surface area contributed by atoms with Crippen LogP contribution in [0.5, 0.6) is 5.75 Å². The molecule has 21 heavy (non-hydrogen) atoms. The van der Waals surface area contributed by atoms with Crippen LogP contribution in [0.25, 0.3) is 20.8 Å². The number of carbonyl (C=O) groups is 1. The van der Waals surface area contributed by atoms with Gasteiger partial charge in [-0.25, -0.2) is 9.78 Å². The van der Waals surface area contributed by atoms with E-state index >= 15 is 0 Å². The van der Waals surface area contributed by atoms with E-state index in [2.05, 4.69) is 9.72 Å². The third kappa shape index (κ3) is 2.87. The molecule has 0 unspecified atom stereocenters. The van der Waals surface area contributed by atoms with E-state index in [0.29, 0.717) is 5.75 Å². The van der Waals surface area contributed by atoms with Gasteiger partial charge in [0.25, 0.3) is 0 Å². The highest BCUT2D eigenvalue weighted by molar-refractivity contribution is 7.21. The van der Waals surface area contributed by atoms with Crippen LogP contribution in [0.2, 0.25) is 0 Å². The van der Waals surface area contributed by atoms with Crippen LogP contribution in [0, 0.1) is 0 Å². The molecule has 3 aromatic rings. The molecule has 3 rings (SSSR count). The van der Waals surface area contributed by atoms with Crippen molar-refractivity contribution in [3.05, 3.63) is 48.5 Å². The molecular weight excluding hydrogens is 286 g/mol. The van der Waals surface area contributed by atoms with Crippen molar-refractivity contribution in [2.45, 2.75) is 0 Å².